The lowest BCUT2D eigenvalue weighted by atomic mass is 10.1. The van der Waals surface area contributed by atoms with Gasteiger partial charge in [-0.15, -0.1) is 12.4 Å². The van der Waals surface area contributed by atoms with Crippen LogP contribution in [0.4, 0.5) is 0 Å². The first-order valence-corrected chi connectivity index (χ1v) is 5.25. The predicted molar refractivity (Wildman–Crippen MR) is 62.1 cm³/mol. The highest BCUT2D eigenvalue weighted by atomic mass is 35.5. The molecule has 0 aliphatic carbocycles. The summed E-state index contributed by atoms with van der Waals surface area (Å²) >= 11 is 0. The van der Waals surface area contributed by atoms with Gasteiger partial charge in [0, 0.05) is 26.2 Å². The van der Waals surface area contributed by atoms with Gasteiger partial charge in [-0.2, -0.15) is 0 Å². The quantitative estimate of drug-likeness (QED) is 0.788. The Labute approximate surface area is 97.5 Å². The zero-order valence-corrected chi connectivity index (χ0v) is 10.3. The molecule has 0 spiro atoms. The van der Waals surface area contributed by atoms with Crippen molar-refractivity contribution in [2.45, 2.75) is 38.3 Å². The normalized spacial score (nSPS) is 22.7. The van der Waals surface area contributed by atoms with E-state index in [4.69, 9.17) is 10.5 Å². The van der Waals surface area contributed by atoms with Crippen LogP contribution in [-0.4, -0.2) is 43.2 Å². The lowest BCUT2D eigenvalue weighted by Gasteiger charge is -2.30. The van der Waals surface area contributed by atoms with E-state index >= 15 is 0 Å². The average molecular weight is 237 g/mol. The van der Waals surface area contributed by atoms with Crippen molar-refractivity contribution in [3.8, 4) is 0 Å². The van der Waals surface area contributed by atoms with Crippen LogP contribution in [0.25, 0.3) is 0 Å². The maximum atomic E-state index is 11.8. The van der Waals surface area contributed by atoms with E-state index in [0.29, 0.717) is 13.2 Å². The smallest absolute Gasteiger partial charge is 0.251 e. The number of carbonyl (C=O) groups excluding carboxylic acids is 1. The van der Waals surface area contributed by atoms with Gasteiger partial charge < -0.3 is 15.4 Å². The van der Waals surface area contributed by atoms with Gasteiger partial charge in [-0.25, -0.2) is 0 Å². The summed E-state index contributed by atoms with van der Waals surface area (Å²) in [6.07, 6.45) is 2.77. The van der Waals surface area contributed by atoms with Crippen LogP contribution in [0.5, 0.6) is 0 Å². The van der Waals surface area contributed by atoms with Gasteiger partial charge in [0.1, 0.15) is 6.10 Å². The molecule has 0 saturated carbocycles. The fourth-order valence-electron chi connectivity index (χ4n) is 1.54. The van der Waals surface area contributed by atoms with Gasteiger partial charge in [-0.05, 0) is 26.2 Å². The summed E-state index contributed by atoms with van der Waals surface area (Å²) in [5, 5.41) is 0. The highest BCUT2D eigenvalue weighted by Gasteiger charge is 2.26. The van der Waals surface area contributed by atoms with Crippen LogP contribution in [-0.2, 0) is 9.53 Å². The summed E-state index contributed by atoms with van der Waals surface area (Å²) in [7, 11) is 1.79. The third-order valence-corrected chi connectivity index (χ3v) is 2.81. The van der Waals surface area contributed by atoms with E-state index in [-0.39, 0.29) is 30.5 Å². The van der Waals surface area contributed by atoms with Gasteiger partial charge in [0.05, 0.1) is 0 Å². The van der Waals surface area contributed by atoms with Gasteiger partial charge >= 0.3 is 0 Å². The summed E-state index contributed by atoms with van der Waals surface area (Å²) in [4.78, 5) is 13.5. The van der Waals surface area contributed by atoms with Gasteiger partial charge in [-0.3, -0.25) is 4.79 Å². The Kier molecular flexibility index (Phi) is 6.89. The number of nitrogens with two attached hydrogens (primary N) is 1. The molecule has 0 aromatic rings. The monoisotopic (exact) mass is 236 g/mol. The van der Waals surface area contributed by atoms with Crippen molar-refractivity contribution in [1.29, 1.82) is 0 Å². The fraction of sp³-hybridized carbons (Fsp3) is 0.900. The van der Waals surface area contributed by atoms with Gasteiger partial charge in [0.15, 0.2) is 0 Å². The molecule has 1 amide bonds. The zero-order valence-electron chi connectivity index (χ0n) is 9.44. The van der Waals surface area contributed by atoms with E-state index < -0.39 is 0 Å². The van der Waals surface area contributed by atoms with Crippen molar-refractivity contribution >= 4 is 18.3 Å². The molecule has 1 heterocycles. The minimum atomic E-state index is -0.234. The van der Waals surface area contributed by atoms with Crippen LogP contribution in [0.1, 0.15) is 26.2 Å². The molecule has 90 valence electrons. The Bertz CT molecular complexity index is 192. The molecule has 4 nitrogen and oxygen atoms in total. The summed E-state index contributed by atoms with van der Waals surface area (Å²) < 4.78 is 5.42. The van der Waals surface area contributed by atoms with Crippen molar-refractivity contribution in [2.75, 3.05) is 20.2 Å². The molecule has 5 heteroatoms. The first-order valence-electron chi connectivity index (χ1n) is 5.25. The molecule has 0 aromatic heterocycles. The molecule has 1 aliphatic rings. The topological polar surface area (TPSA) is 55.6 Å². The molecule has 2 atom stereocenters. The van der Waals surface area contributed by atoms with Crippen molar-refractivity contribution in [3.05, 3.63) is 0 Å². The summed E-state index contributed by atoms with van der Waals surface area (Å²) in [5.74, 6) is 0.0719. The predicted octanol–water partition coefficient (Wildman–Crippen LogP) is 0.783. The second-order valence-corrected chi connectivity index (χ2v) is 3.89. The molecular formula is C10H21ClN2O2. The molecule has 1 saturated heterocycles. The molecule has 1 rings (SSSR count). The largest absolute Gasteiger partial charge is 0.368 e. The molecule has 1 fully saturated rings. The second kappa shape index (κ2) is 7.04. The SMILES string of the molecule is CC(CN)N(C)C(=O)C1CCCCO1.Cl. The number of hydrogen-bond acceptors (Lipinski definition) is 3. The molecule has 15 heavy (non-hydrogen) atoms. The Morgan fingerprint density at radius 2 is 2.27 bits per heavy atom. The number of hydrogen-bond donors (Lipinski definition) is 1. The van der Waals surface area contributed by atoms with E-state index in [1.165, 1.54) is 0 Å². The van der Waals surface area contributed by atoms with Crippen LogP contribution in [0, 0.1) is 0 Å². The van der Waals surface area contributed by atoms with E-state index in [2.05, 4.69) is 0 Å². The number of rotatable bonds is 3. The van der Waals surface area contributed by atoms with Crippen LogP contribution < -0.4 is 5.73 Å². The number of amides is 1. The van der Waals surface area contributed by atoms with Gasteiger partial charge in [0.25, 0.3) is 5.91 Å². The molecule has 0 bridgehead atoms. The number of ether oxygens (including phenoxy) is 1. The summed E-state index contributed by atoms with van der Waals surface area (Å²) in [5.41, 5.74) is 5.51. The molecule has 0 aromatic carbocycles. The first-order chi connectivity index (χ1) is 6.66. The van der Waals surface area contributed by atoms with Crippen molar-refractivity contribution < 1.29 is 9.53 Å². The van der Waals surface area contributed by atoms with Crippen LogP contribution in [0.3, 0.4) is 0 Å². The summed E-state index contributed by atoms with van der Waals surface area (Å²) in [6, 6.07) is 0.0908. The van der Waals surface area contributed by atoms with Crippen molar-refractivity contribution in [2.24, 2.45) is 5.73 Å². The standard InChI is InChI=1S/C10H20N2O2.ClH/c1-8(7-11)12(2)10(13)9-5-3-4-6-14-9;/h8-9H,3-7,11H2,1-2H3;1H. The van der Waals surface area contributed by atoms with E-state index in [0.717, 1.165) is 19.3 Å². The third kappa shape index (κ3) is 3.97. The molecule has 2 N–H and O–H groups in total. The third-order valence-electron chi connectivity index (χ3n) is 2.81. The first kappa shape index (κ1) is 14.7. The molecule has 0 radical (unpaired) electrons. The Hall–Kier alpha value is -0.320. The molecule has 1 aliphatic heterocycles. The minimum absolute atomic E-state index is 0. The highest BCUT2D eigenvalue weighted by Crippen LogP contribution is 2.15. The number of halogens is 1. The van der Waals surface area contributed by atoms with Crippen LogP contribution in [0.2, 0.25) is 0 Å². The van der Waals surface area contributed by atoms with Crippen molar-refractivity contribution in [1.82, 2.24) is 4.90 Å². The maximum absolute atomic E-state index is 11.8. The minimum Gasteiger partial charge on any atom is -0.368 e. The van der Waals surface area contributed by atoms with E-state index in [1.54, 1.807) is 11.9 Å². The van der Waals surface area contributed by atoms with Crippen molar-refractivity contribution in [3.63, 3.8) is 0 Å². The second-order valence-electron chi connectivity index (χ2n) is 3.89. The lowest BCUT2D eigenvalue weighted by molar-refractivity contribution is -0.146. The Morgan fingerprint density at radius 3 is 2.73 bits per heavy atom. The molecular weight excluding hydrogens is 216 g/mol. The van der Waals surface area contributed by atoms with Gasteiger partial charge in [-0.1, -0.05) is 0 Å². The number of likely N-dealkylation sites (N-methyl/N-ethyl adjacent to an activating group) is 1. The Morgan fingerprint density at radius 1 is 1.60 bits per heavy atom. The Balaban J connectivity index is 0.00000196. The average Bonchev–Trinajstić information content (AvgIpc) is 2.27. The lowest BCUT2D eigenvalue weighted by Crippen LogP contribution is -2.46. The van der Waals surface area contributed by atoms with E-state index in [9.17, 15) is 4.79 Å². The van der Waals surface area contributed by atoms with Crippen LogP contribution in [0.15, 0.2) is 0 Å². The zero-order chi connectivity index (χ0) is 10.6. The number of carbonyl (C=O) groups is 1. The van der Waals surface area contributed by atoms with E-state index in [1.807, 2.05) is 6.92 Å². The molecule has 2 unspecified atom stereocenters. The fourth-order valence-corrected chi connectivity index (χ4v) is 1.54. The van der Waals surface area contributed by atoms with Gasteiger partial charge in [0.2, 0.25) is 0 Å². The number of nitrogens with zero attached hydrogens (tertiary/aromatic N) is 1. The highest BCUT2D eigenvalue weighted by molar-refractivity contribution is 5.85. The maximum Gasteiger partial charge on any atom is 0.251 e. The van der Waals surface area contributed by atoms with Crippen LogP contribution >= 0.6 is 12.4 Å². The summed E-state index contributed by atoms with van der Waals surface area (Å²) in [6.45, 7) is 3.15.